The fourth-order valence-corrected chi connectivity index (χ4v) is 1.90. The maximum Gasteiger partial charge on any atom is 0.326 e. The summed E-state index contributed by atoms with van der Waals surface area (Å²) < 4.78 is 0. The molecule has 1 fully saturated rings. The third-order valence-corrected chi connectivity index (χ3v) is 3.17. The summed E-state index contributed by atoms with van der Waals surface area (Å²) in [4.78, 5) is 26.1. The lowest BCUT2D eigenvalue weighted by molar-refractivity contribution is -0.142. The highest BCUT2D eigenvalue weighted by molar-refractivity contribution is 5.82. The van der Waals surface area contributed by atoms with E-state index in [1.807, 2.05) is 0 Å². The molecule has 0 saturated heterocycles. The van der Waals surface area contributed by atoms with Crippen molar-refractivity contribution >= 4 is 12.0 Å². The summed E-state index contributed by atoms with van der Waals surface area (Å²) in [5.41, 5.74) is 0. The van der Waals surface area contributed by atoms with Crippen molar-refractivity contribution in [3.05, 3.63) is 0 Å². The van der Waals surface area contributed by atoms with Crippen molar-refractivity contribution in [3.8, 4) is 12.3 Å². The molecule has 1 aliphatic carbocycles. The number of terminal acetylenes is 1. The van der Waals surface area contributed by atoms with Gasteiger partial charge < -0.3 is 14.9 Å². The number of hydrogen-bond donors (Lipinski definition) is 1. The third-order valence-electron chi connectivity index (χ3n) is 3.17. The van der Waals surface area contributed by atoms with Gasteiger partial charge in [0, 0.05) is 13.6 Å². The molecule has 0 heterocycles. The van der Waals surface area contributed by atoms with Gasteiger partial charge in [-0.15, -0.1) is 6.42 Å². The molecule has 1 unspecified atom stereocenters. The minimum atomic E-state index is -0.986. The van der Waals surface area contributed by atoms with E-state index in [0.29, 0.717) is 18.9 Å². The van der Waals surface area contributed by atoms with Crippen LogP contribution in [0.1, 0.15) is 26.2 Å². The lowest BCUT2D eigenvalue weighted by Gasteiger charge is -2.30. The van der Waals surface area contributed by atoms with Crippen molar-refractivity contribution in [2.75, 3.05) is 20.1 Å². The summed E-state index contributed by atoms with van der Waals surface area (Å²) >= 11 is 0. The highest BCUT2D eigenvalue weighted by Gasteiger charge is 2.31. The molecule has 0 aromatic heterocycles. The van der Waals surface area contributed by atoms with Crippen LogP contribution < -0.4 is 0 Å². The average Bonchev–Trinajstić information content (AvgIpc) is 3.11. The Morgan fingerprint density at radius 3 is 2.50 bits per heavy atom. The molecule has 0 spiro atoms. The van der Waals surface area contributed by atoms with Crippen molar-refractivity contribution in [3.63, 3.8) is 0 Å². The molecule has 5 heteroatoms. The van der Waals surface area contributed by atoms with Crippen molar-refractivity contribution in [2.45, 2.75) is 32.2 Å². The maximum absolute atomic E-state index is 12.2. The topological polar surface area (TPSA) is 60.9 Å². The lowest BCUT2D eigenvalue weighted by atomic mass is 10.2. The first-order valence-electron chi connectivity index (χ1n) is 6.19. The summed E-state index contributed by atoms with van der Waals surface area (Å²) in [5.74, 6) is 2.00. The Hall–Kier alpha value is -1.70. The van der Waals surface area contributed by atoms with Gasteiger partial charge in [0.15, 0.2) is 0 Å². The molecule has 18 heavy (non-hydrogen) atoms. The zero-order chi connectivity index (χ0) is 13.7. The first-order valence-corrected chi connectivity index (χ1v) is 6.19. The number of rotatable bonds is 6. The van der Waals surface area contributed by atoms with Gasteiger partial charge in [0.1, 0.15) is 6.04 Å². The summed E-state index contributed by atoms with van der Waals surface area (Å²) in [5, 5.41) is 9.05. The first-order chi connectivity index (χ1) is 8.51. The van der Waals surface area contributed by atoms with Crippen LogP contribution in [0.25, 0.3) is 0 Å². The van der Waals surface area contributed by atoms with Crippen LogP contribution in [-0.4, -0.2) is 53.1 Å². The Balaban J connectivity index is 2.67. The molecule has 1 atom stereocenters. The number of urea groups is 1. The molecule has 1 N–H and O–H groups in total. The second-order valence-corrected chi connectivity index (χ2v) is 4.68. The van der Waals surface area contributed by atoms with Gasteiger partial charge in [0.05, 0.1) is 6.54 Å². The fourth-order valence-electron chi connectivity index (χ4n) is 1.90. The number of nitrogens with zero attached hydrogens (tertiary/aromatic N) is 2. The van der Waals surface area contributed by atoms with Crippen molar-refractivity contribution in [1.29, 1.82) is 0 Å². The SMILES string of the molecule is C#CCN(CC1CC1)C(=O)N(C)C(CC)C(=O)O. The van der Waals surface area contributed by atoms with Crippen LogP contribution in [-0.2, 0) is 4.79 Å². The maximum atomic E-state index is 12.2. The van der Waals surface area contributed by atoms with Crippen molar-refractivity contribution in [1.82, 2.24) is 9.80 Å². The van der Waals surface area contributed by atoms with E-state index in [1.165, 1.54) is 11.9 Å². The molecule has 0 radical (unpaired) electrons. The average molecular weight is 252 g/mol. The predicted octanol–water partition coefficient (Wildman–Crippen LogP) is 1.25. The zero-order valence-corrected chi connectivity index (χ0v) is 10.9. The molecule has 0 aromatic rings. The van der Waals surface area contributed by atoms with Crippen LogP contribution in [0.15, 0.2) is 0 Å². The number of carbonyl (C=O) groups excluding carboxylic acids is 1. The number of aliphatic carboxylic acids is 1. The number of carbonyl (C=O) groups is 2. The van der Waals surface area contributed by atoms with Gasteiger partial charge in [0.25, 0.3) is 0 Å². The molecular formula is C13H20N2O3. The summed E-state index contributed by atoms with van der Waals surface area (Å²) in [7, 11) is 1.51. The van der Waals surface area contributed by atoms with Gasteiger partial charge >= 0.3 is 12.0 Å². The Bertz CT molecular complexity index is 358. The lowest BCUT2D eigenvalue weighted by Crippen LogP contribution is -2.49. The number of carboxylic acid groups (broad SMARTS) is 1. The Morgan fingerprint density at radius 1 is 1.50 bits per heavy atom. The Kier molecular flexibility index (Phi) is 5.02. The normalized spacial score (nSPS) is 15.6. The molecule has 0 bridgehead atoms. The highest BCUT2D eigenvalue weighted by Crippen LogP contribution is 2.30. The van der Waals surface area contributed by atoms with Crippen LogP contribution in [0.5, 0.6) is 0 Å². The monoisotopic (exact) mass is 252 g/mol. The van der Waals surface area contributed by atoms with E-state index in [2.05, 4.69) is 5.92 Å². The van der Waals surface area contributed by atoms with E-state index in [0.717, 1.165) is 12.8 Å². The molecule has 100 valence electrons. The van der Waals surface area contributed by atoms with Gasteiger partial charge in [-0.05, 0) is 25.2 Å². The molecule has 2 amide bonds. The van der Waals surface area contributed by atoms with Gasteiger partial charge in [-0.1, -0.05) is 12.8 Å². The molecule has 1 saturated carbocycles. The van der Waals surface area contributed by atoms with Crippen molar-refractivity contribution in [2.24, 2.45) is 5.92 Å². The number of likely N-dealkylation sites (N-methyl/N-ethyl adjacent to an activating group) is 1. The quantitative estimate of drug-likeness (QED) is 0.724. The molecule has 5 nitrogen and oxygen atoms in total. The molecule has 0 aromatic carbocycles. The number of carboxylic acids is 1. The highest BCUT2D eigenvalue weighted by atomic mass is 16.4. The molecule has 1 aliphatic rings. The van der Waals surface area contributed by atoms with Gasteiger partial charge in [-0.25, -0.2) is 9.59 Å². The smallest absolute Gasteiger partial charge is 0.326 e. The van der Waals surface area contributed by atoms with Crippen LogP contribution in [0, 0.1) is 18.3 Å². The summed E-state index contributed by atoms with van der Waals surface area (Å²) in [6.07, 6.45) is 7.87. The van der Waals surface area contributed by atoms with Crippen LogP contribution in [0.3, 0.4) is 0 Å². The minimum Gasteiger partial charge on any atom is -0.480 e. The Labute approximate surface area is 108 Å². The molecule has 1 rings (SSSR count). The van der Waals surface area contributed by atoms with Gasteiger partial charge in [-0.2, -0.15) is 0 Å². The van der Waals surface area contributed by atoms with E-state index >= 15 is 0 Å². The van der Waals surface area contributed by atoms with Gasteiger partial charge in [-0.3, -0.25) is 0 Å². The second kappa shape index (κ2) is 6.29. The standard InChI is InChI=1S/C13H20N2O3/c1-4-8-15(9-10-6-7-10)13(18)14(3)11(5-2)12(16)17/h1,10-11H,5-9H2,2-3H3,(H,16,17). The van der Waals surface area contributed by atoms with E-state index in [9.17, 15) is 9.59 Å². The largest absolute Gasteiger partial charge is 0.480 e. The number of amides is 2. The van der Waals surface area contributed by atoms with Crippen LogP contribution >= 0.6 is 0 Å². The summed E-state index contributed by atoms with van der Waals surface area (Å²) in [6.45, 7) is 2.61. The van der Waals surface area contributed by atoms with Crippen LogP contribution in [0.2, 0.25) is 0 Å². The van der Waals surface area contributed by atoms with E-state index in [-0.39, 0.29) is 12.6 Å². The van der Waals surface area contributed by atoms with E-state index < -0.39 is 12.0 Å². The first kappa shape index (κ1) is 14.4. The predicted molar refractivity (Wildman–Crippen MR) is 68.0 cm³/mol. The minimum absolute atomic E-state index is 0.232. The van der Waals surface area contributed by atoms with E-state index in [1.54, 1.807) is 11.8 Å². The molecule has 0 aliphatic heterocycles. The zero-order valence-electron chi connectivity index (χ0n) is 10.9. The summed E-state index contributed by atoms with van der Waals surface area (Å²) in [6, 6.07) is -1.09. The number of hydrogen-bond acceptors (Lipinski definition) is 2. The van der Waals surface area contributed by atoms with Crippen molar-refractivity contribution < 1.29 is 14.7 Å². The van der Waals surface area contributed by atoms with Crippen LogP contribution in [0.4, 0.5) is 4.79 Å². The third kappa shape index (κ3) is 3.66. The van der Waals surface area contributed by atoms with E-state index in [4.69, 9.17) is 11.5 Å². The second-order valence-electron chi connectivity index (χ2n) is 4.68. The van der Waals surface area contributed by atoms with Gasteiger partial charge in [0.2, 0.25) is 0 Å². The Morgan fingerprint density at radius 2 is 2.11 bits per heavy atom. The fraction of sp³-hybridized carbons (Fsp3) is 0.692. The molecular weight excluding hydrogens is 232 g/mol.